The van der Waals surface area contributed by atoms with Crippen LogP contribution >= 0.6 is 0 Å². The van der Waals surface area contributed by atoms with Gasteiger partial charge in [-0.3, -0.25) is 9.36 Å². The summed E-state index contributed by atoms with van der Waals surface area (Å²) in [6, 6.07) is 0.834. The first kappa shape index (κ1) is 22.1. The maximum atomic E-state index is 15.0. The van der Waals surface area contributed by atoms with Crippen LogP contribution < -0.4 is 27.3 Å². The molecule has 0 spiro atoms. The lowest BCUT2D eigenvalue weighted by atomic mass is 10.0. The van der Waals surface area contributed by atoms with Crippen molar-refractivity contribution in [2.24, 2.45) is 5.92 Å². The highest BCUT2D eigenvalue weighted by Gasteiger charge is 2.33. The van der Waals surface area contributed by atoms with E-state index in [0.29, 0.717) is 17.8 Å². The summed E-state index contributed by atoms with van der Waals surface area (Å²) in [5, 5.41) is 2.83. The molecule has 1 aliphatic heterocycles. The van der Waals surface area contributed by atoms with E-state index < -0.39 is 28.8 Å². The van der Waals surface area contributed by atoms with Crippen molar-refractivity contribution >= 4 is 22.9 Å². The van der Waals surface area contributed by atoms with Crippen molar-refractivity contribution in [1.82, 2.24) is 19.5 Å². The van der Waals surface area contributed by atoms with Crippen LogP contribution in [0.4, 0.5) is 15.0 Å². The molecule has 1 amide bonds. The molecule has 2 atom stereocenters. The minimum absolute atomic E-state index is 0.0176. The summed E-state index contributed by atoms with van der Waals surface area (Å²) >= 11 is 0. The Kier molecular flexibility index (Phi) is 5.38. The second kappa shape index (κ2) is 7.79. The monoisotopic (exact) mass is 448 g/mol. The topological polar surface area (TPSA) is 124 Å². The smallest absolute Gasteiger partial charge is 0.407 e. The first-order chi connectivity index (χ1) is 15.0. The molecular weight excluding hydrogens is 419 g/mol. The first-order valence-electron chi connectivity index (χ1n) is 10.8. The number of aromatic nitrogens is 3. The molecule has 1 saturated heterocycles. The zero-order valence-corrected chi connectivity index (χ0v) is 18.7. The lowest BCUT2D eigenvalue weighted by Gasteiger charge is -2.25. The quantitative estimate of drug-likeness (QED) is 0.679. The Labute approximate surface area is 184 Å². The number of carbonyl (C=O) groups excluding carboxylic acids is 1. The fraction of sp³-hybridized carbons (Fsp3) is 0.619. The number of nitrogen functional groups attached to an aromatic ring is 1. The highest BCUT2D eigenvalue weighted by molar-refractivity contribution is 5.77. The minimum Gasteiger partial charge on any atom is -0.444 e. The Morgan fingerprint density at radius 3 is 2.62 bits per heavy atom. The van der Waals surface area contributed by atoms with Crippen molar-refractivity contribution < 1.29 is 13.9 Å². The summed E-state index contributed by atoms with van der Waals surface area (Å²) in [6.45, 7) is 8.27. The van der Waals surface area contributed by atoms with Gasteiger partial charge in [-0.15, -0.1) is 0 Å². The SMILES string of the molecule is C[C@H](NC(=O)OC(C)(C)C)C1CCN(c2nc3c(cc2F)c(=O)n(N)c(=O)n3C2CC2)C1. The lowest BCUT2D eigenvalue weighted by Crippen LogP contribution is -2.45. The summed E-state index contributed by atoms with van der Waals surface area (Å²) in [5.74, 6) is 5.12. The molecule has 3 heterocycles. The number of ether oxygens (including phenoxy) is 1. The van der Waals surface area contributed by atoms with Gasteiger partial charge in [-0.05, 0) is 58.9 Å². The summed E-state index contributed by atoms with van der Waals surface area (Å²) in [7, 11) is 0. The standard InChI is InChI=1S/C21H29FN6O4/c1-11(24-19(30)32-21(2,3)4)12-7-8-26(10-12)17-15(22)9-14-16(25-17)27(13-5-6-13)20(31)28(23)18(14)29/h9,11-13H,5-8,10,23H2,1-4H3,(H,24,30)/t11-,12?/m0/s1. The zero-order chi connectivity index (χ0) is 23.4. The van der Waals surface area contributed by atoms with Gasteiger partial charge in [0.15, 0.2) is 17.3 Å². The number of anilines is 1. The molecule has 11 heteroatoms. The number of fused-ring (bicyclic) bond motifs is 1. The Balaban J connectivity index is 1.59. The van der Waals surface area contributed by atoms with Crippen LogP contribution in [-0.4, -0.2) is 45.1 Å². The highest BCUT2D eigenvalue weighted by Crippen LogP contribution is 2.36. The molecule has 32 heavy (non-hydrogen) atoms. The Hall–Kier alpha value is -3.11. The molecule has 1 unspecified atom stereocenters. The number of halogens is 1. The van der Waals surface area contributed by atoms with E-state index in [4.69, 9.17) is 10.6 Å². The predicted octanol–water partition coefficient (Wildman–Crippen LogP) is 1.49. The normalized spacial score (nSPS) is 19.9. The number of hydrogen-bond acceptors (Lipinski definition) is 7. The number of nitrogens with two attached hydrogens (primary N) is 1. The van der Waals surface area contributed by atoms with Gasteiger partial charge >= 0.3 is 11.8 Å². The molecule has 2 aromatic heterocycles. The van der Waals surface area contributed by atoms with E-state index in [9.17, 15) is 18.8 Å². The molecule has 2 fully saturated rings. The molecular formula is C21H29FN6O4. The lowest BCUT2D eigenvalue weighted by molar-refractivity contribution is 0.0494. The number of rotatable bonds is 4. The molecule has 2 aromatic rings. The van der Waals surface area contributed by atoms with Gasteiger partial charge < -0.3 is 20.8 Å². The van der Waals surface area contributed by atoms with E-state index >= 15 is 0 Å². The van der Waals surface area contributed by atoms with E-state index in [2.05, 4.69) is 10.3 Å². The second-order valence-electron chi connectivity index (χ2n) is 9.65. The summed E-state index contributed by atoms with van der Waals surface area (Å²) in [4.78, 5) is 43.3. The minimum atomic E-state index is -0.769. The third-order valence-electron chi connectivity index (χ3n) is 5.91. The van der Waals surface area contributed by atoms with Gasteiger partial charge in [-0.1, -0.05) is 0 Å². The van der Waals surface area contributed by atoms with Gasteiger partial charge in [0, 0.05) is 25.2 Å². The van der Waals surface area contributed by atoms with Crippen LogP contribution in [0, 0.1) is 11.7 Å². The summed E-state index contributed by atoms with van der Waals surface area (Å²) in [6.07, 6.45) is 1.78. The van der Waals surface area contributed by atoms with E-state index in [-0.39, 0.29) is 34.9 Å². The van der Waals surface area contributed by atoms with Gasteiger partial charge in [0.2, 0.25) is 0 Å². The largest absolute Gasteiger partial charge is 0.444 e. The van der Waals surface area contributed by atoms with Crippen molar-refractivity contribution in [3.05, 3.63) is 32.7 Å². The number of amides is 1. The molecule has 0 aromatic carbocycles. The van der Waals surface area contributed by atoms with Crippen LogP contribution in [0.1, 0.15) is 53.0 Å². The van der Waals surface area contributed by atoms with Crippen molar-refractivity contribution in [2.45, 2.75) is 64.6 Å². The number of nitrogens with zero attached hydrogens (tertiary/aromatic N) is 4. The Morgan fingerprint density at radius 2 is 2.00 bits per heavy atom. The second-order valence-corrected chi connectivity index (χ2v) is 9.65. The van der Waals surface area contributed by atoms with Crippen LogP contribution in [0.15, 0.2) is 15.7 Å². The van der Waals surface area contributed by atoms with Crippen molar-refractivity contribution in [1.29, 1.82) is 0 Å². The van der Waals surface area contributed by atoms with Crippen molar-refractivity contribution in [3.8, 4) is 0 Å². The number of alkyl carbamates (subject to hydrolysis) is 1. The fourth-order valence-electron chi connectivity index (χ4n) is 4.12. The predicted molar refractivity (Wildman–Crippen MR) is 118 cm³/mol. The highest BCUT2D eigenvalue weighted by atomic mass is 19.1. The molecule has 0 bridgehead atoms. The van der Waals surface area contributed by atoms with E-state index in [1.165, 1.54) is 4.57 Å². The number of nitrogens with one attached hydrogen (secondary N) is 1. The maximum absolute atomic E-state index is 15.0. The van der Waals surface area contributed by atoms with Crippen LogP contribution in [0.3, 0.4) is 0 Å². The van der Waals surface area contributed by atoms with Gasteiger partial charge in [0.05, 0.1) is 5.39 Å². The van der Waals surface area contributed by atoms with Crippen molar-refractivity contribution in [2.75, 3.05) is 23.8 Å². The first-order valence-corrected chi connectivity index (χ1v) is 10.8. The van der Waals surface area contributed by atoms with Crippen LogP contribution in [0.2, 0.25) is 0 Å². The molecule has 3 N–H and O–H groups in total. The van der Waals surface area contributed by atoms with Gasteiger partial charge in [0.25, 0.3) is 5.56 Å². The molecule has 0 radical (unpaired) electrons. The maximum Gasteiger partial charge on any atom is 0.407 e. The zero-order valence-electron chi connectivity index (χ0n) is 18.7. The molecule has 174 valence electrons. The summed E-state index contributed by atoms with van der Waals surface area (Å²) < 4.78 is 22.2. The molecule has 1 saturated carbocycles. The molecule has 4 rings (SSSR count). The van der Waals surface area contributed by atoms with Crippen molar-refractivity contribution in [3.63, 3.8) is 0 Å². The summed E-state index contributed by atoms with van der Waals surface area (Å²) in [5.41, 5.74) is -1.86. The Morgan fingerprint density at radius 1 is 1.31 bits per heavy atom. The van der Waals surface area contributed by atoms with Crippen LogP contribution in [0.5, 0.6) is 0 Å². The Bertz CT molecular complexity index is 1180. The van der Waals surface area contributed by atoms with E-state index in [1.807, 2.05) is 6.92 Å². The third-order valence-corrected chi connectivity index (χ3v) is 5.91. The number of carbonyl (C=O) groups is 1. The van der Waals surface area contributed by atoms with Crippen LogP contribution in [0.25, 0.3) is 11.0 Å². The number of pyridine rings is 1. The molecule has 10 nitrogen and oxygen atoms in total. The van der Waals surface area contributed by atoms with E-state index in [0.717, 1.165) is 25.3 Å². The average molecular weight is 448 g/mol. The van der Waals surface area contributed by atoms with E-state index in [1.54, 1.807) is 25.7 Å². The van der Waals surface area contributed by atoms with Crippen LogP contribution in [-0.2, 0) is 4.74 Å². The van der Waals surface area contributed by atoms with Gasteiger partial charge in [-0.2, -0.15) is 4.68 Å². The third kappa shape index (κ3) is 4.15. The van der Waals surface area contributed by atoms with Gasteiger partial charge in [0.1, 0.15) is 5.60 Å². The fourth-order valence-corrected chi connectivity index (χ4v) is 4.12. The molecule has 2 aliphatic rings. The number of hydrogen-bond donors (Lipinski definition) is 2. The molecule has 1 aliphatic carbocycles. The average Bonchev–Trinajstić information content (AvgIpc) is 3.40. The van der Waals surface area contributed by atoms with Gasteiger partial charge in [-0.25, -0.2) is 19.0 Å².